The first-order valence-electron chi connectivity index (χ1n) is 7.77. The minimum Gasteiger partial charge on any atom is -0.480 e. The standard InChI is InChI=1S/C15H28N2O3/c1-4-16(5-2)11-8-12-17(6-3)13(18)15(14(19)20)9-7-10-15/h4-12H2,1-3H3,(H,19,20). The number of carboxylic acid groups (broad SMARTS) is 1. The second-order valence-corrected chi connectivity index (χ2v) is 5.51. The molecular formula is C15H28N2O3. The van der Waals surface area contributed by atoms with Crippen LogP contribution in [0.3, 0.4) is 0 Å². The Kier molecular flexibility index (Phi) is 6.46. The average molecular weight is 284 g/mol. The number of carbonyl (C=O) groups excluding carboxylic acids is 1. The molecule has 0 bridgehead atoms. The van der Waals surface area contributed by atoms with E-state index >= 15 is 0 Å². The lowest BCUT2D eigenvalue weighted by Gasteiger charge is -2.39. The van der Waals surface area contributed by atoms with Crippen molar-refractivity contribution in [2.75, 3.05) is 32.7 Å². The van der Waals surface area contributed by atoms with E-state index in [2.05, 4.69) is 18.7 Å². The molecule has 5 nitrogen and oxygen atoms in total. The predicted octanol–water partition coefficient (Wildman–Crippen LogP) is 1.82. The Morgan fingerprint density at radius 2 is 1.65 bits per heavy atom. The van der Waals surface area contributed by atoms with Crippen LogP contribution in [0.5, 0.6) is 0 Å². The van der Waals surface area contributed by atoms with Crippen LogP contribution in [0, 0.1) is 5.41 Å². The summed E-state index contributed by atoms with van der Waals surface area (Å²) in [6.07, 6.45) is 2.73. The molecule has 1 aliphatic carbocycles. The van der Waals surface area contributed by atoms with Crippen LogP contribution in [0.1, 0.15) is 46.5 Å². The van der Waals surface area contributed by atoms with Gasteiger partial charge in [-0.3, -0.25) is 9.59 Å². The number of aliphatic carboxylic acids is 1. The molecule has 0 aromatic heterocycles. The molecule has 116 valence electrons. The van der Waals surface area contributed by atoms with Gasteiger partial charge in [-0.1, -0.05) is 20.3 Å². The van der Waals surface area contributed by atoms with Gasteiger partial charge in [0.05, 0.1) is 0 Å². The predicted molar refractivity (Wildman–Crippen MR) is 78.6 cm³/mol. The van der Waals surface area contributed by atoms with Crippen LogP contribution in [0.15, 0.2) is 0 Å². The zero-order valence-corrected chi connectivity index (χ0v) is 13.0. The average Bonchev–Trinajstić information content (AvgIpc) is 2.37. The number of amides is 1. The van der Waals surface area contributed by atoms with Gasteiger partial charge < -0.3 is 14.9 Å². The molecule has 20 heavy (non-hydrogen) atoms. The normalized spacial score (nSPS) is 16.8. The minimum absolute atomic E-state index is 0.182. The van der Waals surface area contributed by atoms with Crippen LogP contribution in [-0.2, 0) is 9.59 Å². The summed E-state index contributed by atoms with van der Waals surface area (Å²) in [4.78, 5) is 27.9. The van der Waals surface area contributed by atoms with Gasteiger partial charge in [-0.25, -0.2) is 0 Å². The molecule has 5 heteroatoms. The smallest absolute Gasteiger partial charge is 0.319 e. The summed E-state index contributed by atoms with van der Waals surface area (Å²) in [7, 11) is 0. The Morgan fingerprint density at radius 3 is 2.00 bits per heavy atom. The topological polar surface area (TPSA) is 60.9 Å². The van der Waals surface area contributed by atoms with Gasteiger partial charge in [0.1, 0.15) is 5.41 Å². The second kappa shape index (κ2) is 7.62. The minimum atomic E-state index is -1.12. The van der Waals surface area contributed by atoms with E-state index in [1.165, 1.54) is 0 Å². The third-order valence-corrected chi connectivity index (χ3v) is 4.49. The molecular weight excluding hydrogens is 256 g/mol. The Hall–Kier alpha value is -1.10. The van der Waals surface area contributed by atoms with Crippen molar-refractivity contribution in [2.24, 2.45) is 5.41 Å². The van der Waals surface area contributed by atoms with E-state index in [0.717, 1.165) is 32.5 Å². The first kappa shape index (κ1) is 17.0. The first-order valence-corrected chi connectivity index (χ1v) is 7.77. The van der Waals surface area contributed by atoms with Crippen LogP contribution in [0.4, 0.5) is 0 Å². The fourth-order valence-corrected chi connectivity index (χ4v) is 2.78. The maximum Gasteiger partial charge on any atom is 0.319 e. The summed E-state index contributed by atoms with van der Waals surface area (Å²) in [6, 6.07) is 0. The quantitative estimate of drug-likeness (QED) is 0.656. The highest BCUT2D eigenvalue weighted by atomic mass is 16.4. The van der Waals surface area contributed by atoms with E-state index in [1.807, 2.05) is 6.92 Å². The van der Waals surface area contributed by atoms with Crippen LogP contribution in [0.2, 0.25) is 0 Å². The Labute approximate surface area is 121 Å². The molecule has 0 unspecified atom stereocenters. The molecule has 0 radical (unpaired) electrons. The molecule has 0 atom stereocenters. The lowest BCUT2D eigenvalue weighted by molar-refractivity contribution is -0.167. The zero-order chi connectivity index (χ0) is 15.2. The summed E-state index contributed by atoms with van der Waals surface area (Å²) < 4.78 is 0. The highest BCUT2D eigenvalue weighted by Gasteiger charge is 2.52. The van der Waals surface area contributed by atoms with E-state index in [9.17, 15) is 14.7 Å². The lowest BCUT2D eigenvalue weighted by atomic mass is 9.67. The van der Waals surface area contributed by atoms with Gasteiger partial charge in [-0.15, -0.1) is 0 Å². The van der Waals surface area contributed by atoms with Crippen LogP contribution in [0.25, 0.3) is 0 Å². The maximum atomic E-state index is 12.5. The Balaban J connectivity index is 2.53. The molecule has 0 aromatic carbocycles. The Morgan fingerprint density at radius 1 is 1.05 bits per heavy atom. The zero-order valence-electron chi connectivity index (χ0n) is 13.0. The van der Waals surface area contributed by atoms with Gasteiger partial charge in [0.15, 0.2) is 0 Å². The number of carbonyl (C=O) groups is 2. The van der Waals surface area contributed by atoms with Crippen molar-refractivity contribution in [3.05, 3.63) is 0 Å². The van der Waals surface area contributed by atoms with E-state index < -0.39 is 11.4 Å². The Bertz CT molecular complexity index is 336. The molecule has 1 fully saturated rings. The van der Waals surface area contributed by atoms with Crippen molar-refractivity contribution in [1.82, 2.24) is 9.80 Å². The van der Waals surface area contributed by atoms with E-state index in [1.54, 1.807) is 4.90 Å². The molecule has 0 aromatic rings. The molecule has 0 aliphatic heterocycles. The summed E-state index contributed by atoms with van der Waals surface area (Å²) in [5.41, 5.74) is -1.12. The molecule has 1 rings (SSSR count). The second-order valence-electron chi connectivity index (χ2n) is 5.51. The number of hydrogen-bond donors (Lipinski definition) is 1. The van der Waals surface area contributed by atoms with Crippen LogP contribution in [-0.4, -0.2) is 59.5 Å². The molecule has 0 saturated heterocycles. The maximum absolute atomic E-state index is 12.5. The molecule has 1 saturated carbocycles. The summed E-state index contributed by atoms with van der Waals surface area (Å²) in [5, 5.41) is 9.33. The molecule has 0 heterocycles. The number of carboxylic acids is 1. The highest BCUT2D eigenvalue weighted by molar-refractivity contribution is 6.02. The van der Waals surface area contributed by atoms with E-state index in [0.29, 0.717) is 25.9 Å². The highest BCUT2D eigenvalue weighted by Crippen LogP contribution is 2.42. The molecule has 1 amide bonds. The fraction of sp³-hybridized carbons (Fsp3) is 0.867. The van der Waals surface area contributed by atoms with E-state index in [4.69, 9.17) is 0 Å². The van der Waals surface area contributed by atoms with Crippen molar-refractivity contribution in [1.29, 1.82) is 0 Å². The number of rotatable bonds is 9. The van der Waals surface area contributed by atoms with Crippen LogP contribution < -0.4 is 0 Å². The summed E-state index contributed by atoms with van der Waals surface area (Å²) in [5.74, 6) is -1.13. The van der Waals surface area contributed by atoms with Crippen molar-refractivity contribution >= 4 is 11.9 Å². The third-order valence-electron chi connectivity index (χ3n) is 4.49. The van der Waals surface area contributed by atoms with Gasteiger partial charge in [-0.05, 0) is 45.8 Å². The number of nitrogens with zero attached hydrogens (tertiary/aromatic N) is 2. The third kappa shape index (κ3) is 3.51. The van der Waals surface area contributed by atoms with Crippen molar-refractivity contribution in [3.8, 4) is 0 Å². The largest absolute Gasteiger partial charge is 0.480 e. The monoisotopic (exact) mass is 284 g/mol. The summed E-state index contributed by atoms with van der Waals surface area (Å²) >= 11 is 0. The molecule has 0 spiro atoms. The van der Waals surface area contributed by atoms with Crippen molar-refractivity contribution in [3.63, 3.8) is 0 Å². The van der Waals surface area contributed by atoms with Gasteiger partial charge >= 0.3 is 5.97 Å². The SMILES string of the molecule is CCN(CC)CCCN(CC)C(=O)C1(C(=O)O)CCC1. The van der Waals surface area contributed by atoms with Crippen molar-refractivity contribution in [2.45, 2.75) is 46.5 Å². The molecule has 1 aliphatic rings. The first-order chi connectivity index (χ1) is 9.51. The summed E-state index contributed by atoms with van der Waals surface area (Å²) in [6.45, 7) is 10.4. The lowest BCUT2D eigenvalue weighted by Crippen LogP contribution is -2.53. The van der Waals surface area contributed by atoms with Crippen molar-refractivity contribution < 1.29 is 14.7 Å². The molecule has 1 N–H and O–H groups in total. The van der Waals surface area contributed by atoms with Crippen LogP contribution >= 0.6 is 0 Å². The van der Waals surface area contributed by atoms with Gasteiger partial charge in [0.2, 0.25) is 5.91 Å². The fourth-order valence-electron chi connectivity index (χ4n) is 2.78. The van der Waals surface area contributed by atoms with Gasteiger partial charge in [-0.2, -0.15) is 0 Å². The van der Waals surface area contributed by atoms with E-state index in [-0.39, 0.29) is 5.91 Å². The van der Waals surface area contributed by atoms with Gasteiger partial charge in [0, 0.05) is 13.1 Å². The van der Waals surface area contributed by atoms with Gasteiger partial charge in [0.25, 0.3) is 0 Å². The number of hydrogen-bond acceptors (Lipinski definition) is 3.